The molecule has 10 heteroatoms. The maximum absolute atomic E-state index is 12.7. The van der Waals surface area contributed by atoms with Crippen molar-refractivity contribution in [1.29, 1.82) is 0 Å². The number of rotatable bonds is 52. The number of hydrogen-bond acceptors (Lipinski definition) is 8. The van der Waals surface area contributed by atoms with Gasteiger partial charge in [-0.15, -0.1) is 0 Å². The molecule has 9 nitrogen and oxygen atoms in total. The van der Waals surface area contributed by atoms with Gasteiger partial charge in [0.15, 0.2) is 6.10 Å². The summed E-state index contributed by atoms with van der Waals surface area (Å²) in [7, 11) is -4.40. The molecule has 73 heavy (non-hydrogen) atoms. The molecule has 0 aliphatic rings. The van der Waals surface area contributed by atoms with Crippen molar-refractivity contribution < 1.29 is 37.6 Å². The Hall–Kier alpha value is -3.85. The Kier molecular flexibility index (Phi) is 54.4. The minimum atomic E-state index is -4.40. The van der Waals surface area contributed by atoms with Gasteiger partial charge in [0.05, 0.1) is 13.2 Å². The first-order chi connectivity index (χ1) is 35.8. The van der Waals surface area contributed by atoms with Crippen molar-refractivity contribution in [2.45, 2.75) is 225 Å². The van der Waals surface area contributed by atoms with Crippen LogP contribution in [0, 0.1) is 0 Å². The van der Waals surface area contributed by atoms with E-state index in [9.17, 15) is 19.0 Å². The van der Waals surface area contributed by atoms with Crippen LogP contribution < -0.4 is 5.73 Å². The van der Waals surface area contributed by atoms with Crippen molar-refractivity contribution in [2.75, 3.05) is 26.4 Å². The van der Waals surface area contributed by atoms with Crippen molar-refractivity contribution in [2.24, 2.45) is 5.73 Å². The quantitative estimate of drug-likeness (QED) is 0.0264. The topological polar surface area (TPSA) is 134 Å². The minimum Gasteiger partial charge on any atom is -0.462 e. The van der Waals surface area contributed by atoms with Crippen LogP contribution in [0.5, 0.6) is 0 Å². The molecule has 0 fully saturated rings. The average molecular weight is 1030 g/mol. The fraction of sp³-hybridized carbons (Fsp3) is 0.619. The van der Waals surface area contributed by atoms with Gasteiger partial charge in [0.1, 0.15) is 6.61 Å². The van der Waals surface area contributed by atoms with E-state index >= 15 is 0 Å². The number of ether oxygens (including phenoxy) is 2. The number of carbonyl (C=O) groups excluding carboxylic acids is 2. The van der Waals surface area contributed by atoms with E-state index in [-0.39, 0.29) is 32.6 Å². The zero-order valence-corrected chi connectivity index (χ0v) is 47.0. The Morgan fingerprint density at radius 3 is 1.05 bits per heavy atom. The van der Waals surface area contributed by atoms with Crippen molar-refractivity contribution in [1.82, 2.24) is 0 Å². The Balaban J connectivity index is 4.06. The number of unbranched alkanes of at least 4 members (excludes halogenated alkanes) is 17. The molecule has 0 aliphatic heterocycles. The first kappa shape index (κ1) is 69.2. The number of hydrogen-bond donors (Lipinski definition) is 2. The Labute approximate surface area is 446 Å². The second-order valence-electron chi connectivity index (χ2n) is 18.4. The SMILES string of the molecule is CC/C=C\C/C=C\C/C=C\C/C=C\C/C=C\C/C=C\CCCCCCCCCCCCC(=O)OC(COC(=O)CCCCCCCCC/C=C\C/C=C\C/C=C\C/C=C\C/C=C\CC)COP(=O)(O)OCCN. The zero-order valence-electron chi connectivity index (χ0n) is 46.1. The number of phosphoric ester groups is 1. The first-order valence-corrected chi connectivity index (χ1v) is 30.2. The van der Waals surface area contributed by atoms with E-state index in [2.05, 4.69) is 148 Å². The molecule has 0 aliphatic carbocycles. The summed E-state index contributed by atoms with van der Waals surface area (Å²) in [6.07, 6.45) is 80.6. The lowest BCUT2D eigenvalue weighted by molar-refractivity contribution is -0.161. The highest BCUT2D eigenvalue weighted by molar-refractivity contribution is 7.47. The molecule has 0 aromatic carbocycles. The van der Waals surface area contributed by atoms with Crippen LogP contribution in [0.4, 0.5) is 0 Å². The van der Waals surface area contributed by atoms with Gasteiger partial charge in [-0.1, -0.05) is 231 Å². The van der Waals surface area contributed by atoms with Gasteiger partial charge in [0.25, 0.3) is 0 Å². The fourth-order valence-corrected chi connectivity index (χ4v) is 8.14. The highest BCUT2D eigenvalue weighted by atomic mass is 31.2. The van der Waals surface area contributed by atoms with Gasteiger partial charge in [-0.2, -0.15) is 0 Å². The molecule has 0 rings (SSSR count). The summed E-state index contributed by atoms with van der Waals surface area (Å²) >= 11 is 0. The predicted octanol–water partition coefficient (Wildman–Crippen LogP) is 18.2. The molecule has 414 valence electrons. The lowest BCUT2D eigenvalue weighted by Crippen LogP contribution is -2.29. The third kappa shape index (κ3) is 57.3. The smallest absolute Gasteiger partial charge is 0.462 e. The number of esters is 2. The molecule has 0 aromatic rings. The fourth-order valence-electron chi connectivity index (χ4n) is 7.37. The number of phosphoric acid groups is 1. The van der Waals surface area contributed by atoms with Gasteiger partial charge < -0.3 is 20.1 Å². The number of nitrogens with two attached hydrogens (primary N) is 1. The summed E-state index contributed by atoms with van der Waals surface area (Å²) in [5, 5.41) is 0. The molecule has 0 saturated carbocycles. The normalized spacial score (nSPS) is 14.1. The Morgan fingerprint density at radius 1 is 0.411 bits per heavy atom. The molecule has 0 bridgehead atoms. The molecule has 0 amide bonds. The maximum Gasteiger partial charge on any atom is 0.472 e. The third-order valence-corrected chi connectivity index (χ3v) is 12.5. The van der Waals surface area contributed by atoms with Crippen LogP contribution in [0.2, 0.25) is 0 Å². The highest BCUT2D eigenvalue weighted by Gasteiger charge is 2.26. The van der Waals surface area contributed by atoms with Crippen molar-refractivity contribution >= 4 is 19.8 Å². The summed E-state index contributed by atoms with van der Waals surface area (Å²) in [6, 6.07) is 0. The molecule has 0 spiro atoms. The largest absolute Gasteiger partial charge is 0.472 e. The summed E-state index contributed by atoms with van der Waals surface area (Å²) in [6.45, 7) is 3.49. The van der Waals surface area contributed by atoms with Gasteiger partial charge in [0.2, 0.25) is 0 Å². The van der Waals surface area contributed by atoms with E-state index in [1.54, 1.807) is 0 Å². The van der Waals surface area contributed by atoms with E-state index in [0.717, 1.165) is 122 Å². The third-order valence-electron chi connectivity index (χ3n) is 11.5. The van der Waals surface area contributed by atoms with E-state index < -0.39 is 32.5 Å². The van der Waals surface area contributed by atoms with Crippen molar-refractivity contribution in [3.05, 3.63) is 134 Å². The second kappa shape index (κ2) is 57.4. The standard InChI is InChI=1S/C63H104NO8P/c1-3-5-7-9-11-13-15-17-19-21-23-25-27-28-29-30-31-32-34-36-38-40-42-44-46-48-50-52-54-56-63(66)72-61(60-71-73(67,68)70-58-57-64)59-69-62(65)55-53-51-49-47-45-43-41-39-37-35-33-26-24-22-20-18-16-14-12-10-8-6-4-2/h5-8,11-14,17-20,23-26,28-29,31-32,35,37,61H,3-4,9-10,15-16,21-22,27,30,33-34,36,38-60,64H2,1-2H3,(H,67,68)/b7-5-,8-6-,13-11-,14-12-,19-17-,20-18-,25-23-,26-24-,29-28-,32-31-,37-35-. The van der Waals surface area contributed by atoms with Gasteiger partial charge in [-0.3, -0.25) is 18.6 Å². The first-order valence-electron chi connectivity index (χ1n) is 28.7. The van der Waals surface area contributed by atoms with E-state index in [1.165, 1.54) is 57.8 Å². The average Bonchev–Trinajstić information content (AvgIpc) is 3.38. The minimum absolute atomic E-state index is 0.0437. The molecular formula is C63H104NO8P. The summed E-state index contributed by atoms with van der Waals surface area (Å²) in [5.74, 6) is -0.854. The number of carbonyl (C=O) groups is 2. The van der Waals surface area contributed by atoms with E-state index in [4.69, 9.17) is 24.3 Å². The lowest BCUT2D eigenvalue weighted by atomic mass is 10.0. The molecule has 2 atom stereocenters. The van der Waals surface area contributed by atoms with Crippen LogP contribution in [0.1, 0.15) is 219 Å². The maximum atomic E-state index is 12.7. The molecule has 3 N–H and O–H groups in total. The van der Waals surface area contributed by atoms with Gasteiger partial charge in [-0.25, -0.2) is 4.57 Å². The lowest BCUT2D eigenvalue weighted by Gasteiger charge is -2.19. The van der Waals surface area contributed by atoms with E-state index in [0.29, 0.717) is 12.8 Å². The highest BCUT2D eigenvalue weighted by Crippen LogP contribution is 2.43. The van der Waals surface area contributed by atoms with Crippen molar-refractivity contribution in [3.63, 3.8) is 0 Å². The van der Waals surface area contributed by atoms with Gasteiger partial charge in [0, 0.05) is 19.4 Å². The summed E-state index contributed by atoms with van der Waals surface area (Å²) < 4.78 is 33.0. The molecule has 2 unspecified atom stereocenters. The van der Waals surface area contributed by atoms with Crippen LogP contribution in [0.25, 0.3) is 0 Å². The Bertz CT molecular complexity index is 1650. The van der Waals surface area contributed by atoms with Gasteiger partial charge >= 0.3 is 19.8 Å². The molecular weight excluding hydrogens is 930 g/mol. The molecule has 0 saturated heterocycles. The molecule has 0 radical (unpaired) electrons. The summed E-state index contributed by atoms with van der Waals surface area (Å²) in [5.41, 5.74) is 5.38. The monoisotopic (exact) mass is 1030 g/mol. The Morgan fingerprint density at radius 2 is 0.712 bits per heavy atom. The summed E-state index contributed by atoms with van der Waals surface area (Å²) in [4.78, 5) is 35.2. The molecule has 0 heterocycles. The second-order valence-corrected chi connectivity index (χ2v) is 19.8. The number of allylic oxidation sites excluding steroid dienone is 22. The van der Waals surface area contributed by atoms with Crippen LogP contribution in [0.15, 0.2) is 134 Å². The van der Waals surface area contributed by atoms with Crippen LogP contribution in [0.3, 0.4) is 0 Å². The van der Waals surface area contributed by atoms with Crippen molar-refractivity contribution in [3.8, 4) is 0 Å². The zero-order chi connectivity index (χ0) is 53.1. The molecule has 0 aromatic heterocycles. The van der Waals surface area contributed by atoms with Crippen LogP contribution >= 0.6 is 7.82 Å². The van der Waals surface area contributed by atoms with E-state index in [1.807, 2.05) is 0 Å². The van der Waals surface area contributed by atoms with Gasteiger partial charge in [-0.05, 0) is 109 Å². The van der Waals surface area contributed by atoms with Crippen LogP contribution in [-0.2, 0) is 32.7 Å². The van der Waals surface area contributed by atoms with Crippen LogP contribution in [-0.4, -0.2) is 49.3 Å². The predicted molar refractivity (Wildman–Crippen MR) is 311 cm³/mol.